The highest BCUT2D eigenvalue weighted by atomic mass is 16.5. The highest BCUT2D eigenvalue weighted by molar-refractivity contribution is 5.77. The summed E-state index contributed by atoms with van der Waals surface area (Å²) in [7, 11) is 0. The Bertz CT molecular complexity index is 228. The molecule has 1 aliphatic rings. The number of carbonyl (C=O) groups is 1. The van der Waals surface area contributed by atoms with Gasteiger partial charge in [-0.2, -0.15) is 0 Å². The maximum absolute atomic E-state index is 11.4. The molecule has 0 aromatic carbocycles. The lowest BCUT2D eigenvalue weighted by Gasteiger charge is -2.23. The summed E-state index contributed by atoms with van der Waals surface area (Å²) in [5, 5.41) is 15.4. The molecule has 3 N–H and O–H groups in total. The molecule has 1 unspecified atom stereocenters. The van der Waals surface area contributed by atoms with Gasteiger partial charge in [-0.15, -0.1) is 0 Å². The van der Waals surface area contributed by atoms with E-state index in [2.05, 4.69) is 10.6 Å². The molecule has 0 bridgehead atoms. The molecule has 17 heavy (non-hydrogen) atoms. The van der Waals surface area contributed by atoms with E-state index in [9.17, 15) is 9.90 Å². The van der Waals surface area contributed by atoms with Gasteiger partial charge in [0.15, 0.2) is 0 Å². The molecule has 0 radical (unpaired) electrons. The maximum Gasteiger partial charge on any atom is 0.246 e. The average Bonchev–Trinajstić information content (AvgIpc) is 2.34. The van der Waals surface area contributed by atoms with Gasteiger partial charge in [-0.05, 0) is 31.8 Å². The second-order valence-corrected chi connectivity index (χ2v) is 4.88. The van der Waals surface area contributed by atoms with Crippen LogP contribution in [0.1, 0.15) is 26.7 Å². The molecular weight excluding hydrogens is 220 g/mol. The van der Waals surface area contributed by atoms with Crippen LogP contribution in [0.4, 0.5) is 0 Å². The van der Waals surface area contributed by atoms with Crippen LogP contribution < -0.4 is 10.6 Å². The van der Waals surface area contributed by atoms with E-state index >= 15 is 0 Å². The van der Waals surface area contributed by atoms with E-state index in [4.69, 9.17) is 4.74 Å². The number of ether oxygens (including phenoxy) is 1. The highest BCUT2D eigenvalue weighted by Gasteiger charge is 2.15. The Hall–Kier alpha value is -0.650. The van der Waals surface area contributed by atoms with Gasteiger partial charge in [0.25, 0.3) is 0 Å². The second kappa shape index (κ2) is 7.63. The van der Waals surface area contributed by atoms with Crippen LogP contribution in [0.3, 0.4) is 0 Å². The summed E-state index contributed by atoms with van der Waals surface area (Å²) in [5.41, 5.74) is 0. The van der Waals surface area contributed by atoms with Crippen molar-refractivity contribution in [2.75, 3.05) is 26.2 Å². The van der Waals surface area contributed by atoms with Crippen molar-refractivity contribution in [1.82, 2.24) is 10.6 Å². The number of carbonyl (C=O) groups excluding carboxylic acids is 1. The van der Waals surface area contributed by atoms with Crippen molar-refractivity contribution in [2.24, 2.45) is 5.92 Å². The summed E-state index contributed by atoms with van der Waals surface area (Å²) < 4.78 is 5.50. The number of piperidine rings is 1. The van der Waals surface area contributed by atoms with Gasteiger partial charge in [-0.1, -0.05) is 13.8 Å². The molecule has 1 fully saturated rings. The van der Waals surface area contributed by atoms with E-state index < -0.39 is 6.10 Å². The minimum atomic E-state index is -0.488. The van der Waals surface area contributed by atoms with Crippen molar-refractivity contribution >= 4 is 5.91 Å². The zero-order valence-corrected chi connectivity index (χ0v) is 10.7. The Labute approximate surface area is 103 Å². The van der Waals surface area contributed by atoms with Gasteiger partial charge < -0.3 is 20.5 Å². The van der Waals surface area contributed by atoms with Crippen molar-refractivity contribution in [2.45, 2.75) is 38.9 Å². The molecule has 0 aromatic heterocycles. The van der Waals surface area contributed by atoms with Crippen molar-refractivity contribution in [3.05, 3.63) is 0 Å². The van der Waals surface area contributed by atoms with E-state index in [0.29, 0.717) is 6.54 Å². The molecule has 0 saturated carbocycles. The first-order chi connectivity index (χ1) is 8.09. The molecule has 5 nitrogen and oxygen atoms in total. The third-order valence-corrected chi connectivity index (χ3v) is 3.01. The Morgan fingerprint density at radius 1 is 1.47 bits per heavy atom. The minimum absolute atomic E-state index is 0.0927. The van der Waals surface area contributed by atoms with Gasteiger partial charge in [-0.25, -0.2) is 0 Å². The van der Waals surface area contributed by atoms with Crippen molar-refractivity contribution in [1.29, 1.82) is 0 Å². The maximum atomic E-state index is 11.4. The number of aliphatic hydroxyl groups excluding tert-OH is 1. The normalized spacial score (nSPS) is 19.3. The van der Waals surface area contributed by atoms with Crippen LogP contribution in [0.25, 0.3) is 0 Å². The first-order valence-electron chi connectivity index (χ1n) is 6.36. The largest absolute Gasteiger partial charge is 0.391 e. The molecule has 100 valence electrons. The molecule has 5 heteroatoms. The van der Waals surface area contributed by atoms with E-state index in [0.717, 1.165) is 25.9 Å². The van der Waals surface area contributed by atoms with Crippen LogP contribution in [0.5, 0.6) is 0 Å². The second-order valence-electron chi connectivity index (χ2n) is 4.88. The molecule has 0 aliphatic carbocycles. The van der Waals surface area contributed by atoms with Gasteiger partial charge in [0.05, 0.1) is 12.2 Å². The van der Waals surface area contributed by atoms with Gasteiger partial charge in [0.2, 0.25) is 5.91 Å². The zero-order valence-electron chi connectivity index (χ0n) is 10.7. The number of nitrogens with one attached hydrogen (secondary N) is 2. The lowest BCUT2D eigenvalue weighted by Crippen LogP contribution is -2.39. The quantitative estimate of drug-likeness (QED) is 0.609. The van der Waals surface area contributed by atoms with Gasteiger partial charge >= 0.3 is 0 Å². The van der Waals surface area contributed by atoms with Gasteiger partial charge in [0.1, 0.15) is 6.61 Å². The van der Waals surface area contributed by atoms with Crippen LogP contribution in [0.2, 0.25) is 0 Å². The molecular formula is C12H24N2O3. The van der Waals surface area contributed by atoms with Crippen LogP contribution in [-0.4, -0.2) is 49.5 Å². The molecule has 0 spiro atoms. The summed E-state index contributed by atoms with van der Waals surface area (Å²) in [5.74, 6) is 0.00358. The third-order valence-electron chi connectivity index (χ3n) is 3.01. The summed E-state index contributed by atoms with van der Waals surface area (Å²) in [6.07, 6.45) is 1.62. The lowest BCUT2D eigenvalue weighted by atomic mass is 10.1. The number of rotatable bonds is 6. The van der Waals surface area contributed by atoms with Crippen molar-refractivity contribution in [3.8, 4) is 0 Å². The molecule has 1 atom stereocenters. The monoisotopic (exact) mass is 244 g/mol. The molecule has 1 rings (SSSR count). The van der Waals surface area contributed by atoms with E-state index in [1.165, 1.54) is 0 Å². The Kier molecular flexibility index (Phi) is 6.47. The first kappa shape index (κ1) is 14.4. The predicted molar refractivity (Wildman–Crippen MR) is 65.7 cm³/mol. The van der Waals surface area contributed by atoms with E-state index in [-0.39, 0.29) is 24.5 Å². The number of hydrogen-bond acceptors (Lipinski definition) is 4. The van der Waals surface area contributed by atoms with E-state index in [1.54, 1.807) is 0 Å². The van der Waals surface area contributed by atoms with Crippen LogP contribution in [0.15, 0.2) is 0 Å². The van der Waals surface area contributed by atoms with Crippen molar-refractivity contribution < 1.29 is 14.6 Å². The summed E-state index contributed by atoms with van der Waals surface area (Å²) in [6.45, 7) is 6.14. The standard InChI is InChI=1S/C12H24N2O3/c1-9(2)11(15)7-14-12(16)8-17-10-3-5-13-6-4-10/h9-11,13,15H,3-8H2,1-2H3,(H,14,16). The highest BCUT2D eigenvalue weighted by Crippen LogP contribution is 2.06. The Morgan fingerprint density at radius 3 is 2.71 bits per heavy atom. The first-order valence-corrected chi connectivity index (χ1v) is 6.36. The van der Waals surface area contributed by atoms with E-state index in [1.807, 2.05) is 13.8 Å². The van der Waals surface area contributed by atoms with Crippen LogP contribution in [0, 0.1) is 5.92 Å². The van der Waals surface area contributed by atoms with Gasteiger partial charge in [-0.3, -0.25) is 4.79 Å². The zero-order chi connectivity index (χ0) is 12.7. The third kappa shape index (κ3) is 6.00. The van der Waals surface area contributed by atoms with Crippen LogP contribution >= 0.6 is 0 Å². The predicted octanol–water partition coefficient (Wildman–Crippen LogP) is -0.112. The summed E-state index contributed by atoms with van der Waals surface area (Å²) >= 11 is 0. The molecule has 0 aromatic rings. The number of aliphatic hydroxyl groups is 1. The fourth-order valence-corrected chi connectivity index (χ4v) is 1.66. The molecule has 1 aliphatic heterocycles. The molecule has 1 saturated heterocycles. The fourth-order valence-electron chi connectivity index (χ4n) is 1.66. The van der Waals surface area contributed by atoms with Crippen molar-refractivity contribution in [3.63, 3.8) is 0 Å². The number of amides is 1. The number of hydrogen-bond donors (Lipinski definition) is 3. The summed E-state index contributed by atoms with van der Waals surface area (Å²) in [6, 6.07) is 0. The molecule has 1 amide bonds. The molecule has 1 heterocycles. The Morgan fingerprint density at radius 2 is 2.12 bits per heavy atom. The fraction of sp³-hybridized carbons (Fsp3) is 0.917. The Balaban J connectivity index is 2.08. The topological polar surface area (TPSA) is 70.6 Å². The van der Waals surface area contributed by atoms with Gasteiger partial charge in [0, 0.05) is 6.54 Å². The average molecular weight is 244 g/mol. The van der Waals surface area contributed by atoms with Crippen LogP contribution in [-0.2, 0) is 9.53 Å². The lowest BCUT2D eigenvalue weighted by molar-refractivity contribution is -0.128. The smallest absolute Gasteiger partial charge is 0.246 e. The SMILES string of the molecule is CC(C)C(O)CNC(=O)COC1CCNCC1. The summed E-state index contributed by atoms with van der Waals surface area (Å²) in [4.78, 5) is 11.4. The minimum Gasteiger partial charge on any atom is -0.391 e.